The van der Waals surface area contributed by atoms with Crippen molar-refractivity contribution in [3.05, 3.63) is 29.8 Å². The Hall–Kier alpha value is -0.760. The zero-order chi connectivity index (χ0) is 14.9. The monoisotopic (exact) mass is 304 g/mol. The molecule has 21 heavy (non-hydrogen) atoms. The molecular weight excluding hydrogens is 276 g/mol. The van der Waals surface area contributed by atoms with E-state index < -0.39 is 0 Å². The van der Waals surface area contributed by atoms with Crippen LogP contribution in [0.4, 0.5) is 0 Å². The third-order valence-corrected chi connectivity index (χ3v) is 5.55. The number of thioether (sulfide) groups is 1. The van der Waals surface area contributed by atoms with Gasteiger partial charge in [-0.05, 0) is 18.1 Å². The minimum atomic E-state index is 0.163. The second kappa shape index (κ2) is 9.30. The van der Waals surface area contributed by atoms with Gasteiger partial charge in [0.2, 0.25) is 0 Å². The highest BCUT2D eigenvalue weighted by atomic mass is 32.2. The molecule has 1 aromatic rings. The largest absolute Gasteiger partial charge is 0.299 e. The number of ketones is 1. The first kappa shape index (κ1) is 16.6. The highest BCUT2D eigenvalue weighted by Gasteiger charge is 2.27. The van der Waals surface area contributed by atoms with Gasteiger partial charge in [-0.3, -0.25) is 4.79 Å². The number of carbonyl (C=O) groups is 1. The number of benzene rings is 1. The summed E-state index contributed by atoms with van der Waals surface area (Å²) in [5.41, 5.74) is 1.27. The van der Waals surface area contributed by atoms with E-state index in [1.165, 1.54) is 55.4 Å². The second-order valence-corrected chi connectivity index (χ2v) is 7.15. The van der Waals surface area contributed by atoms with Gasteiger partial charge in [0.1, 0.15) is 5.78 Å². The lowest BCUT2D eigenvalue weighted by Crippen LogP contribution is -2.11. The summed E-state index contributed by atoms with van der Waals surface area (Å²) in [7, 11) is 0. The number of carbonyl (C=O) groups excluding carboxylic acids is 1. The molecule has 1 unspecified atom stereocenters. The fourth-order valence-electron chi connectivity index (χ4n) is 3.04. The highest BCUT2D eigenvalue weighted by molar-refractivity contribution is 7.99. The van der Waals surface area contributed by atoms with Crippen molar-refractivity contribution >= 4 is 17.5 Å². The molecule has 0 fully saturated rings. The van der Waals surface area contributed by atoms with Crippen LogP contribution < -0.4 is 0 Å². The lowest BCUT2D eigenvalue weighted by molar-refractivity contribution is -0.120. The van der Waals surface area contributed by atoms with Crippen molar-refractivity contribution in [2.75, 3.05) is 5.75 Å². The van der Waals surface area contributed by atoms with E-state index in [0.717, 1.165) is 18.6 Å². The van der Waals surface area contributed by atoms with Crippen LogP contribution in [0.5, 0.6) is 0 Å². The van der Waals surface area contributed by atoms with E-state index in [1.807, 2.05) is 11.8 Å². The van der Waals surface area contributed by atoms with Crippen molar-refractivity contribution in [1.29, 1.82) is 0 Å². The summed E-state index contributed by atoms with van der Waals surface area (Å²) in [5, 5.41) is 0. The summed E-state index contributed by atoms with van der Waals surface area (Å²) in [4.78, 5) is 13.7. The number of rotatable bonds is 10. The second-order valence-electron chi connectivity index (χ2n) is 6.09. The van der Waals surface area contributed by atoms with Gasteiger partial charge >= 0.3 is 0 Å². The van der Waals surface area contributed by atoms with Crippen molar-refractivity contribution in [3.8, 4) is 0 Å². The molecule has 2 heteroatoms. The summed E-state index contributed by atoms with van der Waals surface area (Å²) in [6, 6.07) is 8.40. The average molecular weight is 304 g/mol. The van der Waals surface area contributed by atoms with Crippen LogP contribution in [0, 0.1) is 0 Å². The van der Waals surface area contributed by atoms with Gasteiger partial charge in [0.05, 0.1) is 5.92 Å². The van der Waals surface area contributed by atoms with E-state index in [9.17, 15) is 4.79 Å². The van der Waals surface area contributed by atoms with E-state index in [-0.39, 0.29) is 5.92 Å². The molecule has 1 aliphatic heterocycles. The van der Waals surface area contributed by atoms with Crippen LogP contribution in [0.15, 0.2) is 29.2 Å². The number of fused-ring (bicyclic) bond motifs is 1. The predicted molar refractivity (Wildman–Crippen MR) is 92.1 cm³/mol. The van der Waals surface area contributed by atoms with E-state index in [4.69, 9.17) is 0 Å². The SMILES string of the molecule is CCCCCCCCCCC(=O)C1CSc2ccccc21. The summed E-state index contributed by atoms with van der Waals surface area (Å²) in [5.74, 6) is 1.57. The van der Waals surface area contributed by atoms with Gasteiger partial charge in [-0.25, -0.2) is 0 Å². The number of hydrogen-bond acceptors (Lipinski definition) is 2. The first-order chi connectivity index (χ1) is 10.3. The van der Waals surface area contributed by atoms with Crippen molar-refractivity contribution in [2.45, 2.75) is 75.5 Å². The van der Waals surface area contributed by atoms with E-state index in [1.54, 1.807) is 0 Å². The molecule has 0 aliphatic carbocycles. The maximum Gasteiger partial charge on any atom is 0.141 e. The zero-order valence-electron chi connectivity index (χ0n) is 13.3. The molecule has 2 rings (SSSR count). The standard InChI is InChI=1S/C19H28OS/c1-2-3-4-5-6-7-8-9-13-18(20)17-15-21-19-14-11-10-12-16(17)19/h10-12,14,17H,2-9,13,15H2,1H3. The minimum absolute atomic E-state index is 0.163. The summed E-state index contributed by atoms with van der Waals surface area (Å²) < 4.78 is 0. The van der Waals surface area contributed by atoms with Gasteiger partial charge in [-0.15, -0.1) is 11.8 Å². The Balaban J connectivity index is 1.61. The fourth-order valence-corrected chi connectivity index (χ4v) is 4.30. The quantitative estimate of drug-likeness (QED) is 0.495. The van der Waals surface area contributed by atoms with Crippen LogP contribution in [-0.2, 0) is 4.79 Å². The Morgan fingerprint density at radius 1 is 1.05 bits per heavy atom. The van der Waals surface area contributed by atoms with Gasteiger partial charge in [0, 0.05) is 17.1 Å². The van der Waals surface area contributed by atoms with Crippen LogP contribution in [0.3, 0.4) is 0 Å². The van der Waals surface area contributed by atoms with Crippen molar-refractivity contribution in [3.63, 3.8) is 0 Å². The van der Waals surface area contributed by atoms with Crippen molar-refractivity contribution < 1.29 is 4.79 Å². The summed E-state index contributed by atoms with van der Waals surface area (Å²) in [6.07, 6.45) is 11.2. The van der Waals surface area contributed by atoms with E-state index in [2.05, 4.69) is 31.2 Å². The van der Waals surface area contributed by atoms with E-state index in [0.29, 0.717) is 5.78 Å². The Labute approximate surface area is 133 Å². The van der Waals surface area contributed by atoms with Crippen LogP contribution in [0.25, 0.3) is 0 Å². The molecule has 1 heterocycles. The Kier molecular flexibility index (Phi) is 7.35. The van der Waals surface area contributed by atoms with Gasteiger partial charge in [0.15, 0.2) is 0 Å². The predicted octanol–water partition coefficient (Wildman–Crippen LogP) is 5.98. The third kappa shape index (κ3) is 5.18. The molecular formula is C19H28OS. The Morgan fingerprint density at radius 3 is 2.48 bits per heavy atom. The fraction of sp³-hybridized carbons (Fsp3) is 0.632. The molecule has 0 amide bonds. The maximum atomic E-state index is 12.4. The first-order valence-corrected chi connectivity index (χ1v) is 9.56. The molecule has 116 valence electrons. The molecule has 0 bridgehead atoms. The van der Waals surface area contributed by atoms with Crippen molar-refractivity contribution in [1.82, 2.24) is 0 Å². The molecule has 0 N–H and O–H groups in total. The van der Waals surface area contributed by atoms with Gasteiger partial charge in [0.25, 0.3) is 0 Å². The molecule has 0 saturated carbocycles. The molecule has 0 aromatic heterocycles. The van der Waals surface area contributed by atoms with Crippen LogP contribution in [0.1, 0.15) is 76.2 Å². The zero-order valence-corrected chi connectivity index (χ0v) is 14.1. The minimum Gasteiger partial charge on any atom is -0.299 e. The van der Waals surface area contributed by atoms with Crippen molar-refractivity contribution in [2.24, 2.45) is 0 Å². The number of hydrogen-bond donors (Lipinski definition) is 0. The molecule has 1 nitrogen and oxygen atoms in total. The lowest BCUT2D eigenvalue weighted by Gasteiger charge is -2.09. The Bertz CT molecular complexity index is 441. The van der Waals surface area contributed by atoms with Crippen LogP contribution >= 0.6 is 11.8 Å². The van der Waals surface area contributed by atoms with Crippen LogP contribution in [0.2, 0.25) is 0 Å². The lowest BCUT2D eigenvalue weighted by atomic mass is 9.93. The summed E-state index contributed by atoms with van der Waals surface area (Å²) in [6.45, 7) is 2.26. The topological polar surface area (TPSA) is 17.1 Å². The summed E-state index contributed by atoms with van der Waals surface area (Å²) >= 11 is 1.84. The molecule has 1 aliphatic rings. The molecule has 1 aromatic carbocycles. The van der Waals surface area contributed by atoms with E-state index >= 15 is 0 Å². The third-order valence-electron chi connectivity index (χ3n) is 4.37. The average Bonchev–Trinajstić information content (AvgIpc) is 2.94. The molecule has 0 radical (unpaired) electrons. The molecule has 0 saturated heterocycles. The normalized spacial score (nSPS) is 16.9. The van der Waals surface area contributed by atoms with Gasteiger partial charge in [-0.2, -0.15) is 0 Å². The van der Waals surface area contributed by atoms with Crippen LogP contribution in [-0.4, -0.2) is 11.5 Å². The molecule has 0 spiro atoms. The highest BCUT2D eigenvalue weighted by Crippen LogP contribution is 2.40. The maximum absolute atomic E-state index is 12.4. The molecule has 1 atom stereocenters. The Morgan fingerprint density at radius 2 is 1.71 bits per heavy atom. The smallest absolute Gasteiger partial charge is 0.141 e. The first-order valence-electron chi connectivity index (χ1n) is 8.57. The number of Topliss-reactive ketones (excluding diaryl/α,β-unsaturated/α-hetero) is 1. The van der Waals surface area contributed by atoms with Gasteiger partial charge in [-0.1, -0.05) is 70.1 Å². The number of unbranched alkanes of at least 4 members (excludes halogenated alkanes) is 7. The van der Waals surface area contributed by atoms with Gasteiger partial charge < -0.3 is 0 Å².